The normalized spacial score (nSPS) is 18.2. The van der Waals surface area contributed by atoms with Crippen LogP contribution in [-0.4, -0.2) is 48.6 Å². The molecule has 0 bridgehead atoms. The van der Waals surface area contributed by atoms with Crippen molar-refractivity contribution in [2.45, 2.75) is 12.5 Å². The third-order valence-electron chi connectivity index (χ3n) is 3.39. The number of nitrogens with two attached hydrogens (primary N) is 1. The van der Waals surface area contributed by atoms with Gasteiger partial charge in [-0.15, -0.1) is 0 Å². The molecular weight excluding hydrogens is 340 g/mol. The van der Waals surface area contributed by atoms with E-state index < -0.39 is 0 Å². The summed E-state index contributed by atoms with van der Waals surface area (Å²) >= 11 is 5.25. The molecule has 1 aromatic rings. The average Bonchev–Trinajstić information content (AvgIpc) is 2.93. The molecule has 20 heavy (non-hydrogen) atoms. The van der Waals surface area contributed by atoms with E-state index >= 15 is 0 Å². The van der Waals surface area contributed by atoms with Crippen molar-refractivity contribution in [2.24, 2.45) is 0 Å². The first-order valence-electron chi connectivity index (χ1n) is 6.56. The van der Waals surface area contributed by atoms with Gasteiger partial charge >= 0.3 is 0 Å². The fourth-order valence-corrected chi connectivity index (χ4v) is 3.89. The summed E-state index contributed by atoms with van der Waals surface area (Å²) in [5.74, 6) is 2.10. The minimum atomic E-state index is -0.000417. The van der Waals surface area contributed by atoms with Gasteiger partial charge in [-0.25, -0.2) is 0 Å². The predicted molar refractivity (Wildman–Crippen MR) is 87.2 cm³/mol. The minimum absolute atomic E-state index is 0.000417. The first-order chi connectivity index (χ1) is 9.63. The van der Waals surface area contributed by atoms with Crippen LogP contribution in [0.2, 0.25) is 0 Å². The van der Waals surface area contributed by atoms with Crippen molar-refractivity contribution in [1.29, 1.82) is 0 Å². The number of hydrogen-bond donors (Lipinski definition) is 1. The molecule has 1 fully saturated rings. The van der Waals surface area contributed by atoms with E-state index in [2.05, 4.69) is 15.9 Å². The highest BCUT2D eigenvalue weighted by molar-refractivity contribution is 9.10. The Balaban J connectivity index is 2.20. The fraction of sp³-hybridized carbons (Fsp3) is 0.500. The van der Waals surface area contributed by atoms with E-state index in [4.69, 9.17) is 10.5 Å². The van der Waals surface area contributed by atoms with E-state index in [1.54, 1.807) is 19.2 Å². The summed E-state index contributed by atoms with van der Waals surface area (Å²) in [4.78, 5) is 14.6. The highest BCUT2D eigenvalue weighted by Gasteiger charge is 2.28. The Morgan fingerprint density at radius 3 is 3.00 bits per heavy atom. The molecule has 110 valence electrons. The van der Waals surface area contributed by atoms with Crippen LogP contribution < -0.4 is 5.73 Å². The van der Waals surface area contributed by atoms with E-state index in [0.717, 1.165) is 22.4 Å². The predicted octanol–water partition coefficient (Wildman–Crippen LogP) is 2.63. The van der Waals surface area contributed by atoms with Crippen molar-refractivity contribution in [1.82, 2.24) is 4.90 Å². The van der Waals surface area contributed by atoms with Gasteiger partial charge < -0.3 is 15.4 Å². The molecule has 1 aromatic carbocycles. The Labute approximate surface area is 132 Å². The molecule has 6 heteroatoms. The van der Waals surface area contributed by atoms with Crippen LogP contribution in [0.5, 0.6) is 0 Å². The topological polar surface area (TPSA) is 55.6 Å². The number of carbonyl (C=O) groups excluding carboxylic acids is 1. The number of thioether (sulfide) groups is 1. The summed E-state index contributed by atoms with van der Waals surface area (Å²) in [5.41, 5.74) is 7.06. The number of nitrogen functional groups attached to an aromatic ring is 1. The molecule has 0 radical (unpaired) electrons. The molecule has 4 nitrogen and oxygen atoms in total. The maximum atomic E-state index is 12.7. The molecule has 1 unspecified atom stereocenters. The smallest absolute Gasteiger partial charge is 0.256 e. The number of benzene rings is 1. The second-order valence-electron chi connectivity index (χ2n) is 4.74. The number of halogens is 1. The summed E-state index contributed by atoms with van der Waals surface area (Å²) in [6.45, 7) is 1.15. The van der Waals surface area contributed by atoms with E-state index in [9.17, 15) is 4.79 Å². The van der Waals surface area contributed by atoms with Gasteiger partial charge in [0.2, 0.25) is 0 Å². The number of hydrogen-bond acceptors (Lipinski definition) is 4. The fourth-order valence-electron chi connectivity index (χ4n) is 2.29. The molecule has 1 aliphatic rings. The van der Waals surface area contributed by atoms with Gasteiger partial charge in [-0.3, -0.25) is 4.79 Å². The number of amides is 1. The highest BCUT2D eigenvalue weighted by Crippen LogP contribution is 2.26. The summed E-state index contributed by atoms with van der Waals surface area (Å²) < 4.78 is 6.01. The molecule has 1 amide bonds. The molecule has 1 atom stereocenters. The number of carbonyl (C=O) groups is 1. The second kappa shape index (κ2) is 7.33. The zero-order valence-electron chi connectivity index (χ0n) is 11.5. The Kier molecular flexibility index (Phi) is 5.74. The molecule has 2 N–H and O–H groups in total. The van der Waals surface area contributed by atoms with E-state index in [0.29, 0.717) is 24.4 Å². The van der Waals surface area contributed by atoms with Gasteiger partial charge in [0.25, 0.3) is 5.91 Å². The van der Waals surface area contributed by atoms with Crippen LogP contribution in [0.25, 0.3) is 0 Å². The maximum absolute atomic E-state index is 12.7. The lowest BCUT2D eigenvalue weighted by Gasteiger charge is -2.29. The number of anilines is 1. The lowest BCUT2D eigenvalue weighted by atomic mass is 10.1. The van der Waals surface area contributed by atoms with Gasteiger partial charge in [-0.05, 0) is 30.4 Å². The molecular formula is C14H19BrN2O2S. The standard InChI is InChI=1S/C14H19BrN2O2S/c1-19-6-5-17(11-4-7-20-9-11)14(18)12-3-2-10(15)8-13(12)16/h2-3,8,11H,4-7,9,16H2,1H3. The van der Waals surface area contributed by atoms with Crippen LogP contribution in [0.4, 0.5) is 5.69 Å². The molecule has 2 rings (SSSR count). The maximum Gasteiger partial charge on any atom is 0.256 e. The Bertz CT molecular complexity index is 478. The quantitative estimate of drug-likeness (QED) is 0.822. The van der Waals surface area contributed by atoms with Crippen LogP contribution in [0.3, 0.4) is 0 Å². The first-order valence-corrected chi connectivity index (χ1v) is 8.51. The van der Waals surface area contributed by atoms with Crippen molar-refractivity contribution in [3.63, 3.8) is 0 Å². The summed E-state index contributed by atoms with van der Waals surface area (Å²) in [5, 5.41) is 0. The van der Waals surface area contributed by atoms with Gasteiger partial charge in [0.15, 0.2) is 0 Å². The Hall–Kier alpha value is -0.720. The lowest BCUT2D eigenvalue weighted by molar-refractivity contribution is 0.0625. The van der Waals surface area contributed by atoms with Gasteiger partial charge in [0.05, 0.1) is 12.2 Å². The van der Waals surface area contributed by atoms with Crippen molar-refractivity contribution in [3.8, 4) is 0 Å². The van der Waals surface area contributed by atoms with E-state index in [1.807, 2.05) is 22.7 Å². The number of methoxy groups -OCH3 is 1. The Morgan fingerprint density at radius 1 is 1.60 bits per heavy atom. The average molecular weight is 359 g/mol. The highest BCUT2D eigenvalue weighted by atomic mass is 79.9. The van der Waals surface area contributed by atoms with Gasteiger partial charge in [-0.1, -0.05) is 15.9 Å². The van der Waals surface area contributed by atoms with Crippen molar-refractivity contribution in [2.75, 3.05) is 37.5 Å². The SMILES string of the molecule is COCCN(C(=O)c1ccc(Br)cc1N)C1CCSC1. The van der Waals surface area contributed by atoms with E-state index in [-0.39, 0.29) is 11.9 Å². The van der Waals surface area contributed by atoms with Crippen LogP contribution in [-0.2, 0) is 4.74 Å². The van der Waals surface area contributed by atoms with E-state index in [1.165, 1.54) is 0 Å². The molecule has 0 saturated carbocycles. The van der Waals surface area contributed by atoms with Crippen LogP contribution in [0.1, 0.15) is 16.8 Å². The second-order valence-corrected chi connectivity index (χ2v) is 6.81. The van der Waals surface area contributed by atoms with Crippen molar-refractivity contribution in [3.05, 3.63) is 28.2 Å². The summed E-state index contributed by atoms with van der Waals surface area (Å²) in [6, 6.07) is 5.68. The molecule has 0 spiro atoms. The third kappa shape index (κ3) is 3.68. The van der Waals surface area contributed by atoms with Gasteiger partial charge in [-0.2, -0.15) is 11.8 Å². The van der Waals surface area contributed by atoms with Crippen molar-refractivity contribution < 1.29 is 9.53 Å². The molecule has 1 aliphatic heterocycles. The third-order valence-corrected chi connectivity index (χ3v) is 5.03. The van der Waals surface area contributed by atoms with Crippen LogP contribution in [0, 0.1) is 0 Å². The zero-order valence-corrected chi connectivity index (χ0v) is 13.9. The minimum Gasteiger partial charge on any atom is -0.398 e. The number of nitrogens with zero attached hydrogens (tertiary/aromatic N) is 1. The van der Waals surface area contributed by atoms with Gasteiger partial charge in [0, 0.05) is 35.6 Å². The molecule has 0 aliphatic carbocycles. The lowest BCUT2D eigenvalue weighted by Crippen LogP contribution is -2.42. The first kappa shape index (κ1) is 15.7. The summed E-state index contributed by atoms with van der Waals surface area (Å²) in [7, 11) is 1.65. The monoisotopic (exact) mass is 358 g/mol. The number of ether oxygens (including phenoxy) is 1. The molecule has 0 aromatic heterocycles. The largest absolute Gasteiger partial charge is 0.398 e. The van der Waals surface area contributed by atoms with Crippen LogP contribution >= 0.6 is 27.7 Å². The molecule has 1 saturated heterocycles. The zero-order chi connectivity index (χ0) is 14.5. The van der Waals surface area contributed by atoms with Crippen molar-refractivity contribution >= 4 is 39.3 Å². The number of rotatable bonds is 5. The molecule has 1 heterocycles. The van der Waals surface area contributed by atoms with Gasteiger partial charge in [0.1, 0.15) is 0 Å². The van der Waals surface area contributed by atoms with Crippen LogP contribution in [0.15, 0.2) is 22.7 Å². The Morgan fingerprint density at radius 2 is 2.40 bits per heavy atom. The summed E-state index contributed by atoms with van der Waals surface area (Å²) in [6.07, 6.45) is 1.04.